The minimum Gasteiger partial charge on any atom is -0.328 e. The average molecular weight is 316 g/mol. The molecule has 0 saturated carbocycles. The van der Waals surface area contributed by atoms with E-state index in [-0.39, 0.29) is 27.4 Å². The molecule has 2 aromatic heterocycles. The summed E-state index contributed by atoms with van der Waals surface area (Å²) in [7, 11) is 0. The molecule has 3 nitrogen and oxygen atoms in total. The zero-order valence-electron chi connectivity index (χ0n) is 10.2. The summed E-state index contributed by atoms with van der Waals surface area (Å²) in [6.45, 7) is 0. The van der Waals surface area contributed by atoms with E-state index in [9.17, 15) is 17.6 Å². The second-order valence-corrected chi connectivity index (χ2v) is 4.63. The number of nitrogens with one attached hydrogen (secondary N) is 1. The minimum absolute atomic E-state index is 0.0217. The predicted molar refractivity (Wildman–Crippen MR) is 69.3 cm³/mol. The molecule has 1 N–H and O–H groups in total. The Morgan fingerprint density at radius 2 is 1.86 bits per heavy atom. The van der Waals surface area contributed by atoms with Crippen LogP contribution in [0.25, 0.3) is 22.3 Å². The summed E-state index contributed by atoms with van der Waals surface area (Å²) in [5, 5.41) is -0.0766. The zero-order chi connectivity index (χ0) is 15.2. The van der Waals surface area contributed by atoms with E-state index in [0.717, 1.165) is 12.3 Å². The topological polar surface area (TPSA) is 41.6 Å². The molecule has 3 aromatic rings. The summed E-state index contributed by atoms with van der Waals surface area (Å²) in [5.74, 6) is -0.899. The lowest BCUT2D eigenvalue weighted by atomic mass is 10.0. The molecule has 0 fully saturated rings. The summed E-state index contributed by atoms with van der Waals surface area (Å²) in [6, 6.07) is 4.88. The van der Waals surface area contributed by atoms with Crippen molar-refractivity contribution in [3.8, 4) is 11.1 Å². The van der Waals surface area contributed by atoms with Crippen LogP contribution in [0.1, 0.15) is 5.56 Å². The van der Waals surface area contributed by atoms with Crippen molar-refractivity contribution >= 4 is 22.8 Å². The highest BCUT2D eigenvalue weighted by atomic mass is 35.5. The fourth-order valence-electron chi connectivity index (χ4n) is 2.10. The first kappa shape index (κ1) is 13.8. The Hall–Kier alpha value is -2.15. The van der Waals surface area contributed by atoms with Crippen molar-refractivity contribution < 1.29 is 17.6 Å². The van der Waals surface area contributed by atoms with Crippen molar-refractivity contribution in [3.63, 3.8) is 0 Å². The number of aromatic nitrogens is 3. The normalized spacial score (nSPS) is 12.0. The van der Waals surface area contributed by atoms with Gasteiger partial charge in [-0.25, -0.2) is 9.97 Å². The molecule has 2 heterocycles. The Bertz CT molecular complexity index is 826. The molecule has 3 rings (SSSR count). The van der Waals surface area contributed by atoms with E-state index < -0.39 is 17.7 Å². The Kier molecular flexibility index (Phi) is 3.09. The van der Waals surface area contributed by atoms with Gasteiger partial charge in [0.05, 0.1) is 11.8 Å². The van der Waals surface area contributed by atoms with E-state index in [1.807, 2.05) is 0 Å². The zero-order valence-corrected chi connectivity index (χ0v) is 10.9. The first-order chi connectivity index (χ1) is 9.88. The molecule has 8 heteroatoms. The molecular weight excluding hydrogens is 310 g/mol. The van der Waals surface area contributed by atoms with Gasteiger partial charge in [0, 0.05) is 5.56 Å². The minimum atomic E-state index is -4.57. The van der Waals surface area contributed by atoms with Crippen molar-refractivity contribution in [1.82, 2.24) is 15.0 Å². The lowest BCUT2D eigenvalue weighted by molar-refractivity contribution is -0.137. The molecule has 0 radical (unpaired) electrons. The lowest BCUT2D eigenvalue weighted by Gasteiger charge is -2.12. The molecule has 0 saturated heterocycles. The average Bonchev–Trinajstić information content (AvgIpc) is 2.73. The third kappa shape index (κ3) is 2.33. The first-order valence-corrected chi connectivity index (χ1v) is 6.12. The Morgan fingerprint density at radius 1 is 1.14 bits per heavy atom. The van der Waals surface area contributed by atoms with Crippen molar-refractivity contribution in [2.45, 2.75) is 6.18 Å². The summed E-state index contributed by atoms with van der Waals surface area (Å²) in [6.07, 6.45) is -3.71. The third-order valence-electron chi connectivity index (χ3n) is 2.93. The van der Waals surface area contributed by atoms with Gasteiger partial charge in [-0.2, -0.15) is 17.6 Å². The molecule has 1 aromatic carbocycles. The van der Waals surface area contributed by atoms with Crippen LogP contribution in [-0.2, 0) is 6.18 Å². The maximum atomic E-state index is 13.2. The summed E-state index contributed by atoms with van der Waals surface area (Å²) in [5.41, 5.74) is -1.00. The number of aromatic amines is 1. The smallest absolute Gasteiger partial charge is 0.328 e. The van der Waals surface area contributed by atoms with Gasteiger partial charge in [0.1, 0.15) is 10.7 Å². The molecule has 0 bridgehead atoms. The van der Waals surface area contributed by atoms with Crippen LogP contribution in [0.2, 0.25) is 5.15 Å². The maximum Gasteiger partial charge on any atom is 0.417 e. The Balaban J connectivity index is 2.36. The fourth-order valence-corrected chi connectivity index (χ4v) is 2.38. The number of fused-ring (bicyclic) bond motifs is 1. The van der Waals surface area contributed by atoms with E-state index in [0.29, 0.717) is 0 Å². The lowest BCUT2D eigenvalue weighted by Crippen LogP contribution is -2.07. The van der Waals surface area contributed by atoms with Crippen LogP contribution in [-0.4, -0.2) is 15.0 Å². The highest BCUT2D eigenvalue weighted by Gasteiger charge is 2.34. The van der Waals surface area contributed by atoms with Crippen molar-refractivity contribution in [2.24, 2.45) is 0 Å². The SMILES string of the molecule is Fc1cnc2[nH]c(Cl)c(-c3ccccc3C(F)(F)F)c2n1. The van der Waals surface area contributed by atoms with Gasteiger partial charge >= 0.3 is 6.18 Å². The monoisotopic (exact) mass is 315 g/mol. The fraction of sp³-hybridized carbons (Fsp3) is 0.0769. The molecule has 108 valence electrons. The largest absolute Gasteiger partial charge is 0.417 e. The van der Waals surface area contributed by atoms with E-state index in [1.165, 1.54) is 18.2 Å². The van der Waals surface area contributed by atoms with Crippen molar-refractivity contribution in [2.75, 3.05) is 0 Å². The number of rotatable bonds is 1. The highest BCUT2D eigenvalue weighted by molar-refractivity contribution is 6.34. The third-order valence-corrected chi connectivity index (χ3v) is 3.21. The van der Waals surface area contributed by atoms with Crippen LogP contribution >= 0.6 is 11.6 Å². The summed E-state index contributed by atoms with van der Waals surface area (Å²) < 4.78 is 52.5. The maximum absolute atomic E-state index is 13.2. The number of nitrogens with zero attached hydrogens (tertiary/aromatic N) is 2. The van der Waals surface area contributed by atoms with E-state index in [1.54, 1.807) is 0 Å². The molecule has 0 atom stereocenters. The molecule has 0 aliphatic rings. The molecular formula is C13H6ClF4N3. The van der Waals surface area contributed by atoms with Gasteiger partial charge in [-0.1, -0.05) is 29.8 Å². The van der Waals surface area contributed by atoms with Gasteiger partial charge < -0.3 is 4.98 Å². The second kappa shape index (κ2) is 4.70. The standard InChI is InChI=1S/C13H6ClF4N3/c14-11-9(10-12(21-11)19-5-8(15)20-10)6-3-1-2-4-7(6)13(16,17)18/h1-5H,(H,19,21). The van der Waals surface area contributed by atoms with Gasteiger partial charge in [0.15, 0.2) is 5.65 Å². The first-order valence-electron chi connectivity index (χ1n) is 5.74. The predicted octanol–water partition coefficient (Wildman–Crippen LogP) is 4.44. The van der Waals surface area contributed by atoms with Crippen LogP contribution in [0.3, 0.4) is 0 Å². The van der Waals surface area contributed by atoms with E-state index in [2.05, 4.69) is 15.0 Å². The molecule has 0 unspecified atom stereocenters. The number of alkyl halides is 3. The van der Waals surface area contributed by atoms with E-state index >= 15 is 0 Å². The van der Waals surface area contributed by atoms with Gasteiger partial charge in [-0.3, -0.25) is 0 Å². The van der Waals surface area contributed by atoms with E-state index in [4.69, 9.17) is 11.6 Å². The molecule has 0 spiro atoms. The quantitative estimate of drug-likeness (QED) is 0.675. The van der Waals surface area contributed by atoms with Crippen molar-refractivity contribution in [1.29, 1.82) is 0 Å². The van der Waals surface area contributed by atoms with Crippen molar-refractivity contribution in [3.05, 3.63) is 47.1 Å². The second-order valence-electron chi connectivity index (χ2n) is 4.25. The molecule has 0 amide bonds. The number of halogens is 5. The number of benzene rings is 1. The van der Waals surface area contributed by atoms with Crippen LogP contribution in [0, 0.1) is 5.95 Å². The number of hydrogen-bond acceptors (Lipinski definition) is 2. The Morgan fingerprint density at radius 3 is 2.57 bits per heavy atom. The number of H-pyrrole nitrogens is 1. The molecule has 0 aliphatic carbocycles. The van der Waals surface area contributed by atoms with Gasteiger partial charge in [0.2, 0.25) is 5.95 Å². The van der Waals surface area contributed by atoms with Crippen LogP contribution in [0.15, 0.2) is 30.5 Å². The summed E-state index contributed by atoms with van der Waals surface area (Å²) >= 11 is 5.95. The summed E-state index contributed by atoms with van der Waals surface area (Å²) in [4.78, 5) is 9.89. The number of hydrogen-bond donors (Lipinski definition) is 1. The van der Waals surface area contributed by atoms with Crippen LogP contribution in [0.4, 0.5) is 17.6 Å². The van der Waals surface area contributed by atoms with Gasteiger partial charge in [0.25, 0.3) is 0 Å². The Labute approximate surface area is 120 Å². The highest BCUT2D eigenvalue weighted by Crippen LogP contribution is 2.41. The molecule has 0 aliphatic heterocycles. The van der Waals surface area contributed by atoms with Gasteiger partial charge in [-0.15, -0.1) is 0 Å². The van der Waals surface area contributed by atoms with Gasteiger partial charge in [-0.05, 0) is 11.6 Å². The molecule has 21 heavy (non-hydrogen) atoms. The van der Waals surface area contributed by atoms with Crippen LogP contribution < -0.4 is 0 Å². The van der Waals surface area contributed by atoms with Crippen LogP contribution in [0.5, 0.6) is 0 Å².